The van der Waals surface area contributed by atoms with E-state index in [2.05, 4.69) is 5.32 Å². The number of nitro groups is 1. The first-order chi connectivity index (χ1) is 9.90. The lowest BCUT2D eigenvalue weighted by Crippen LogP contribution is -2.15. The summed E-state index contributed by atoms with van der Waals surface area (Å²) in [4.78, 5) is 22.2. The van der Waals surface area contributed by atoms with E-state index >= 15 is 0 Å². The topological polar surface area (TPSA) is 98.3 Å². The molecule has 0 bridgehead atoms. The highest BCUT2D eigenvalue weighted by Gasteiger charge is 2.19. The van der Waals surface area contributed by atoms with Gasteiger partial charge in [-0.25, -0.2) is 4.39 Å². The van der Waals surface area contributed by atoms with Crippen molar-refractivity contribution in [2.75, 3.05) is 11.1 Å². The fraction of sp³-hybridized carbons (Fsp3) is 0. The molecule has 0 aliphatic heterocycles. The van der Waals surface area contributed by atoms with Crippen LogP contribution in [0.3, 0.4) is 0 Å². The van der Waals surface area contributed by atoms with Gasteiger partial charge in [0.25, 0.3) is 11.6 Å². The third kappa shape index (κ3) is 3.09. The number of carbonyl (C=O) groups excluding carboxylic acids is 1. The Labute approximate surface area is 123 Å². The predicted molar refractivity (Wildman–Crippen MR) is 76.9 cm³/mol. The van der Waals surface area contributed by atoms with Crippen LogP contribution in [0, 0.1) is 15.9 Å². The van der Waals surface area contributed by atoms with Gasteiger partial charge >= 0.3 is 0 Å². The number of nitrogens with two attached hydrogens (primary N) is 1. The second kappa shape index (κ2) is 5.76. The number of hydrogen-bond donors (Lipinski definition) is 2. The number of hydrogen-bond acceptors (Lipinski definition) is 4. The summed E-state index contributed by atoms with van der Waals surface area (Å²) in [5.41, 5.74) is 5.10. The normalized spacial score (nSPS) is 10.2. The molecule has 0 aliphatic rings. The van der Waals surface area contributed by atoms with Gasteiger partial charge in [0.1, 0.15) is 11.5 Å². The number of para-hydroxylation sites is 1. The molecular weight excluding hydrogens is 301 g/mol. The molecule has 2 rings (SSSR count). The lowest BCUT2D eigenvalue weighted by Gasteiger charge is -2.09. The zero-order valence-corrected chi connectivity index (χ0v) is 11.2. The quantitative estimate of drug-likeness (QED) is 0.516. The lowest BCUT2D eigenvalue weighted by molar-refractivity contribution is -0.383. The number of nitrogen functional groups attached to an aromatic ring is 1. The van der Waals surface area contributed by atoms with Gasteiger partial charge < -0.3 is 11.1 Å². The van der Waals surface area contributed by atoms with Gasteiger partial charge in [0.05, 0.1) is 21.2 Å². The predicted octanol–water partition coefficient (Wildman–Crippen LogP) is 3.22. The first kappa shape index (κ1) is 14.7. The van der Waals surface area contributed by atoms with E-state index in [1.165, 1.54) is 24.3 Å². The number of nitrogens with one attached hydrogen (secondary N) is 1. The summed E-state index contributed by atoms with van der Waals surface area (Å²) in [7, 11) is 0. The highest BCUT2D eigenvalue weighted by Crippen LogP contribution is 2.27. The first-order valence-electron chi connectivity index (χ1n) is 5.69. The standard InChI is InChI=1S/C13H9ClFN3O3/c14-9-6-7(15)4-5-10(9)17-13(19)8-2-1-3-11(12(8)16)18(20)21/h1-6H,16H2,(H,17,19). The Morgan fingerprint density at radius 2 is 2.05 bits per heavy atom. The second-order valence-corrected chi connectivity index (χ2v) is 4.48. The van der Waals surface area contributed by atoms with Crippen molar-refractivity contribution in [1.82, 2.24) is 0 Å². The van der Waals surface area contributed by atoms with Crippen LogP contribution in [0.2, 0.25) is 5.02 Å². The molecule has 108 valence electrons. The maximum absolute atomic E-state index is 12.9. The molecular formula is C13H9ClFN3O3. The molecule has 0 saturated carbocycles. The molecule has 2 aromatic carbocycles. The molecule has 6 nitrogen and oxygen atoms in total. The number of halogens is 2. The molecule has 0 fully saturated rings. The molecule has 0 atom stereocenters. The van der Waals surface area contributed by atoms with E-state index in [1.54, 1.807) is 0 Å². The maximum Gasteiger partial charge on any atom is 0.292 e. The van der Waals surface area contributed by atoms with Crippen molar-refractivity contribution in [2.24, 2.45) is 0 Å². The molecule has 0 aromatic heterocycles. The highest BCUT2D eigenvalue weighted by molar-refractivity contribution is 6.34. The molecule has 2 aromatic rings. The monoisotopic (exact) mass is 309 g/mol. The van der Waals surface area contributed by atoms with Gasteiger partial charge in [-0.1, -0.05) is 17.7 Å². The van der Waals surface area contributed by atoms with E-state index in [9.17, 15) is 19.3 Å². The molecule has 0 spiro atoms. The van der Waals surface area contributed by atoms with Crippen LogP contribution in [-0.2, 0) is 0 Å². The molecule has 0 radical (unpaired) electrons. The van der Waals surface area contributed by atoms with Gasteiger partial charge in [0, 0.05) is 6.07 Å². The Hall–Kier alpha value is -2.67. The summed E-state index contributed by atoms with van der Waals surface area (Å²) in [6, 6.07) is 7.32. The van der Waals surface area contributed by atoms with Crippen LogP contribution in [0.25, 0.3) is 0 Å². The number of benzene rings is 2. The van der Waals surface area contributed by atoms with Gasteiger partial charge in [-0.05, 0) is 24.3 Å². The van der Waals surface area contributed by atoms with Gasteiger partial charge in [-0.2, -0.15) is 0 Å². The van der Waals surface area contributed by atoms with E-state index in [-0.39, 0.29) is 27.6 Å². The molecule has 0 unspecified atom stereocenters. The molecule has 0 aliphatic carbocycles. The third-order valence-electron chi connectivity index (χ3n) is 2.70. The maximum atomic E-state index is 12.9. The Kier molecular flexibility index (Phi) is 4.04. The van der Waals surface area contributed by atoms with Crippen LogP contribution in [0.5, 0.6) is 0 Å². The summed E-state index contributed by atoms with van der Waals surface area (Å²) in [5.74, 6) is -1.22. The average Bonchev–Trinajstić information content (AvgIpc) is 2.41. The fourth-order valence-corrected chi connectivity index (χ4v) is 1.91. The number of nitrogens with zero attached hydrogens (tertiary/aromatic N) is 1. The van der Waals surface area contributed by atoms with E-state index in [1.807, 2.05) is 0 Å². The number of carbonyl (C=O) groups is 1. The van der Waals surface area contributed by atoms with Gasteiger partial charge in [-0.3, -0.25) is 14.9 Å². The van der Waals surface area contributed by atoms with Gasteiger partial charge in [-0.15, -0.1) is 0 Å². The average molecular weight is 310 g/mol. The smallest absolute Gasteiger partial charge is 0.292 e. The number of amides is 1. The Bertz CT molecular complexity index is 737. The molecule has 3 N–H and O–H groups in total. The van der Waals surface area contributed by atoms with Crippen molar-refractivity contribution in [2.45, 2.75) is 0 Å². The van der Waals surface area contributed by atoms with Gasteiger partial charge in [0.15, 0.2) is 0 Å². The van der Waals surface area contributed by atoms with Crippen LogP contribution in [0.1, 0.15) is 10.4 Å². The summed E-state index contributed by atoms with van der Waals surface area (Å²) in [5, 5.41) is 13.2. The molecule has 1 amide bonds. The van der Waals surface area contributed by atoms with Crippen molar-refractivity contribution >= 4 is 34.6 Å². The molecule has 21 heavy (non-hydrogen) atoms. The minimum Gasteiger partial charge on any atom is -0.393 e. The Morgan fingerprint density at radius 3 is 2.67 bits per heavy atom. The minimum atomic E-state index is -0.684. The van der Waals surface area contributed by atoms with Crippen molar-refractivity contribution in [3.05, 3.63) is 62.9 Å². The minimum absolute atomic E-state index is 0.00681. The number of anilines is 2. The van der Waals surface area contributed by atoms with Crippen LogP contribution < -0.4 is 11.1 Å². The molecule has 0 saturated heterocycles. The van der Waals surface area contributed by atoms with Crippen LogP contribution in [-0.4, -0.2) is 10.8 Å². The third-order valence-corrected chi connectivity index (χ3v) is 3.02. The summed E-state index contributed by atoms with van der Waals surface area (Å²) in [6.45, 7) is 0. The summed E-state index contributed by atoms with van der Waals surface area (Å²) >= 11 is 5.79. The lowest BCUT2D eigenvalue weighted by atomic mass is 10.1. The van der Waals surface area contributed by atoms with E-state index in [4.69, 9.17) is 17.3 Å². The Morgan fingerprint density at radius 1 is 1.33 bits per heavy atom. The van der Waals surface area contributed by atoms with Gasteiger partial charge in [0.2, 0.25) is 0 Å². The fourth-order valence-electron chi connectivity index (χ4n) is 1.69. The van der Waals surface area contributed by atoms with Crippen molar-refractivity contribution in [1.29, 1.82) is 0 Å². The number of nitro benzene ring substituents is 1. The van der Waals surface area contributed by atoms with E-state index < -0.39 is 16.6 Å². The number of rotatable bonds is 3. The van der Waals surface area contributed by atoms with E-state index in [0.717, 1.165) is 12.1 Å². The Balaban J connectivity index is 2.33. The SMILES string of the molecule is Nc1c(C(=O)Nc2ccc(F)cc2Cl)cccc1[N+](=O)[O-]. The summed E-state index contributed by atoms with van der Waals surface area (Å²) < 4.78 is 12.9. The van der Waals surface area contributed by atoms with Crippen molar-refractivity contribution < 1.29 is 14.1 Å². The molecule has 8 heteroatoms. The first-order valence-corrected chi connectivity index (χ1v) is 6.07. The van der Waals surface area contributed by atoms with Crippen LogP contribution in [0.15, 0.2) is 36.4 Å². The van der Waals surface area contributed by atoms with Crippen LogP contribution >= 0.6 is 11.6 Å². The van der Waals surface area contributed by atoms with Crippen molar-refractivity contribution in [3.63, 3.8) is 0 Å². The van der Waals surface area contributed by atoms with E-state index in [0.29, 0.717) is 0 Å². The molecule has 0 heterocycles. The largest absolute Gasteiger partial charge is 0.393 e. The van der Waals surface area contributed by atoms with Crippen LogP contribution in [0.4, 0.5) is 21.5 Å². The van der Waals surface area contributed by atoms with Crippen molar-refractivity contribution in [3.8, 4) is 0 Å². The second-order valence-electron chi connectivity index (χ2n) is 4.07. The zero-order chi connectivity index (χ0) is 15.6. The summed E-state index contributed by atoms with van der Waals surface area (Å²) in [6.07, 6.45) is 0. The zero-order valence-electron chi connectivity index (χ0n) is 10.5. The highest BCUT2D eigenvalue weighted by atomic mass is 35.5.